The summed E-state index contributed by atoms with van der Waals surface area (Å²) >= 11 is 0. The molecule has 0 bridgehead atoms. The molecular formula is C24H34N2O4. The van der Waals surface area contributed by atoms with Gasteiger partial charge in [-0.15, -0.1) is 0 Å². The molecular weight excluding hydrogens is 380 g/mol. The van der Waals surface area contributed by atoms with Gasteiger partial charge in [0.2, 0.25) is 5.91 Å². The first-order chi connectivity index (χ1) is 14.6. The molecule has 4 rings (SSSR count). The van der Waals surface area contributed by atoms with Crippen LogP contribution in [0.25, 0.3) is 0 Å². The normalized spacial score (nSPS) is 24.0. The highest BCUT2D eigenvalue weighted by atomic mass is 16.5. The van der Waals surface area contributed by atoms with Gasteiger partial charge in [0.15, 0.2) is 0 Å². The summed E-state index contributed by atoms with van der Waals surface area (Å²) in [5.41, 5.74) is 0.478. The van der Waals surface area contributed by atoms with E-state index in [1.54, 1.807) is 0 Å². The fourth-order valence-corrected chi connectivity index (χ4v) is 5.36. The minimum Gasteiger partial charge on any atom is -0.494 e. The summed E-state index contributed by atoms with van der Waals surface area (Å²) in [5, 5.41) is 3.32. The van der Waals surface area contributed by atoms with Crippen molar-refractivity contribution in [3.8, 4) is 5.75 Å². The molecule has 2 saturated heterocycles. The molecule has 3 aliphatic rings. The summed E-state index contributed by atoms with van der Waals surface area (Å²) in [7, 11) is 0. The van der Waals surface area contributed by atoms with Crippen LogP contribution in [0.4, 0.5) is 0 Å². The van der Waals surface area contributed by atoms with E-state index < -0.39 is 0 Å². The van der Waals surface area contributed by atoms with Crippen LogP contribution in [-0.2, 0) is 9.53 Å². The van der Waals surface area contributed by atoms with Gasteiger partial charge in [-0.2, -0.15) is 0 Å². The second kappa shape index (κ2) is 9.38. The molecule has 1 aromatic carbocycles. The second-order valence-electron chi connectivity index (χ2n) is 9.01. The number of hydrogen-bond donors (Lipinski definition) is 1. The maximum Gasteiger partial charge on any atom is 0.253 e. The highest BCUT2D eigenvalue weighted by molar-refractivity contribution is 5.95. The van der Waals surface area contributed by atoms with E-state index >= 15 is 0 Å². The summed E-state index contributed by atoms with van der Waals surface area (Å²) < 4.78 is 11.1. The van der Waals surface area contributed by atoms with Crippen molar-refractivity contribution in [3.63, 3.8) is 0 Å². The van der Waals surface area contributed by atoms with Gasteiger partial charge >= 0.3 is 0 Å². The smallest absolute Gasteiger partial charge is 0.253 e. The third-order valence-electron chi connectivity index (χ3n) is 7.10. The quantitative estimate of drug-likeness (QED) is 0.802. The average molecular weight is 415 g/mol. The minimum absolute atomic E-state index is 0.00289. The molecule has 1 atom stereocenters. The topological polar surface area (TPSA) is 67.9 Å². The lowest BCUT2D eigenvalue weighted by molar-refractivity contribution is -0.130. The molecule has 1 unspecified atom stereocenters. The lowest BCUT2D eigenvalue weighted by Gasteiger charge is -2.37. The molecule has 0 radical (unpaired) electrons. The van der Waals surface area contributed by atoms with Crippen LogP contribution in [0.15, 0.2) is 24.3 Å². The van der Waals surface area contributed by atoms with Crippen LogP contribution in [0.5, 0.6) is 5.75 Å². The van der Waals surface area contributed by atoms with Crippen molar-refractivity contribution in [2.24, 2.45) is 11.3 Å². The molecule has 1 spiro atoms. The fraction of sp³-hybridized carbons (Fsp3) is 0.667. The van der Waals surface area contributed by atoms with E-state index in [2.05, 4.69) is 5.32 Å². The average Bonchev–Trinajstić information content (AvgIpc) is 3.14. The standard InChI is InChI=1S/C24H34N2O4/c1-2-30-20-10-8-18(9-11-20)23(28)26-16-21(24(17-26)12-14-29-15-13-24)22(27)25-19-6-4-3-5-7-19/h8-11,19,21H,2-7,12-17H2,1H3,(H,25,27). The Kier molecular flexibility index (Phi) is 6.61. The second-order valence-corrected chi connectivity index (χ2v) is 9.01. The van der Waals surface area contributed by atoms with Crippen LogP contribution in [-0.4, -0.2) is 55.7 Å². The molecule has 2 amide bonds. The molecule has 0 aromatic heterocycles. The van der Waals surface area contributed by atoms with Crippen molar-refractivity contribution in [1.29, 1.82) is 0 Å². The monoisotopic (exact) mass is 414 g/mol. The van der Waals surface area contributed by atoms with Crippen LogP contribution in [0.3, 0.4) is 0 Å². The van der Waals surface area contributed by atoms with E-state index in [9.17, 15) is 9.59 Å². The third-order valence-corrected chi connectivity index (χ3v) is 7.10. The van der Waals surface area contributed by atoms with Gasteiger partial charge in [-0.05, 0) is 56.9 Å². The van der Waals surface area contributed by atoms with Crippen molar-refractivity contribution < 1.29 is 19.1 Å². The minimum atomic E-state index is -0.169. The van der Waals surface area contributed by atoms with E-state index in [-0.39, 0.29) is 23.1 Å². The number of hydrogen-bond acceptors (Lipinski definition) is 4. The molecule has 1 aliphatic carbocycles. The van der Waals surface area contributed by atoms with Crippen LogP contribution in [0, 0.1) is 11.3 Å². The predicted octanol–water partition coefficient (Wildman–Crippen LogP) is 3.40. The zero-order chi connectivity index (χ0) is 21.0. The number of nitrogens with one attached hydrogen (secondary N) is 1. The molecule has 6 nitrogen and oxygen atoms in total. The molecule has 30 heavy (non-hydrogen) atoms. The number of likely N-dealkylation sites (tertiary alicyclic amines) is 1. The Morgan fingerprint density at radius 2 is 1.83 bits per heavy atom. The van der Waals surface area contributed by atoms with E-state index in [1.807, 2.05) is 36.1 Å². The fourth-order valence-electron chi connectivity index (χ4n) is 5.36. The zero-order valence-corrected chi connectivity index (χ0v) is 18.0. The molecule has 2 aliphatic heterocycles. The van der Waals surface area contributed by atoms with Crippen LogP contribution < -0.4 is 10.1 Å². The first-order valence-corrected chi connectivity index (χ1v) is 11.5. The van der Waals surface area contributed by atoms with Crippen LogP contribution >= 0.6 is 0 Å². The maximum absolute atomic E-state index is 13.3. The van der Waals surface area contributed by atoms with Crippen molar-refractivity contribution in [2.45, 2.75) is 57.9 Å². The van der Waals surface area contributed by atoms with Gasteiger partial charge in [-0.1, -0.05) is 19.3 Å². The van der Waals surface area contributed by atoms with Gasteiger partial charge in [0.1, 0.15) is 5.75 Å². The number of carbonyl (C=O) groups excluding carboxylic acids is 2. The summed E-state index contributed by atoms with van der Waals surface area (Å²) in [4.78, 5) is 28.4. The largest absolute Gasteiger partial charge is 0.494 e. The van der Waals surface area contributed by atoms with Crippen molar-refractivity contribution in [1.82, 2.24) is 10.2 Å². The van der Waals surface area contributed by atoms with Gasteiger partial charge < -0.3 is 19.7 Å². The zero-order valence-electron chi connectivity index (χ0n) is 18.0. The third kappa shape index (κ3) is 4.48. The van der Waals surface area contributed by atoms with E-state index in [0.717, 1.165) is 31.4 Å². The molecule has 1 aromatic rings. The molecule has 1 saturated carbocycles. The van der Waals surface area contributed by atoms with Crippen molar-refractivity contribution in [2.75, 3.05) is 32.9 Å². The highest BCUT2D eigenvalue weighted by Gasteiger charge is 2.52. The Labute approximate surface area is 179 Å². The molecule has 164 valence electrons. The summed E-state index contributed by atoms with van der Waals surface area (Å²) in [5.74, 6) is 0.735. The van der Waals surface area contributed by atoms with E-state index in [1.165, 1.54) is 19.3 Å². The summed E-state index contributed by atoms with van der Waals surface area (Å²) in [6.07, 6.45) is 7.47. The van der Waals surface area contributed by atoms with Crippen molar-refractivity contribution >= 4 is 11.8 Å². The Hall–Kier alpha value is -2.08. The number of rotatable bonds is 5. The van der Waals surface area contributed by atoms with Crippen molar-refractivity contribution in [3.05, 3.63) is 29.8 Å². The van der Waals surface area contributed by atoms with Gasteiger partial charge in [0.05, 0.1) is 12.5 Å². The molecule has 1 N–H and O–H groups in total. The lowest BCUT2D eigenvalue weighted by atomic mass is 9.71. The van der Waals surface area contributed by atoms with E-state index in [4.69, 9.17) is 9.47 Å². The predicted molar refractivity (Wildman–Crippen MR) is 115 cm³/mol. The Morgan fingerprint density at radius 3 is 2.50 bits per heavy atom. The first kappa shape index (κ1) is 21.2. The number of carbonyl (C=O) groups is 2. The Balaban J connectivity index is 1.48. The summed E-state index contributed by atoms with van der Waals surface area (Å²) in [6, 6.07) is 7.60. The first-order valence-electron chi connectivity index (χ1n) is 11.5. The number of benzene rings is 1. The van der Waals surface area contributed by atoms with Crippen LogP contribution in [0.1, 0.15) is 62.2 Å². The van der Waals surface area contributed by atoms with Gasteiger partial charge in [-0.25, -0.2) is 0 Å². The number of ether oxygens (including phenoxy) is 2. The highest BCUT2D eigenvalue weighted by Crippen LogP contribution is 2.45. The van der Waals surface area contributed by atoms with Crippen LogP contribution in [0.2, 0.25) is 0 Å². The van der Waals surface area contributed by atoms with Gasteiger partial charge in [-0.3, -0.25) is 9.59 Å². The summed E-state index contributed by atoms with van der Waals surface area (Å²) in [6.45, 7) is 4.99. The number of nitrogens with zero attached hydrogens (tertiary/aromatic N) is 1. The Morgan fingerprint density at radius 1 is 1.13 bits per heavy atom. The molecule has 6 heteroatoms. The maximum atomic E-state index is 13.3. The van der Waals surface area contributed by atoms with Gasteiger partial charge in [0.25, 0.3) is 5.91 Å². The lowest BCUT2D eigenvalue weighted by Crippen LogP contribution is -2.47. The Bertz CT molecular complexity index is 736. The SMILES string of the molecule is CCOc1ccc(C(=O)N2CC(C(=O)NC3CCCCC3)C3(CCOCC3)C2)cc1. The van der Waals surface area contributed by atoms with E-state index in [0.29, 0.717) is 44.5 Å². The molecule has 3 fully saturated rings. The number of amides is 2. The van der Waals surface area contributed by atoms with Gasteiger partial charge in [0, 0.05) is 43.3 Å². The molecule has 2 heterocycles.